The molecule has 1 aromatic rings. The molecule has 21 heavy (non-hydrogen) atoms. The minimum Gasteiger partial charge on any atom is -0.303 e. The largest absolute Gasteiger partial charge is 0.303 e. The first-order valence-corrected chi connectivity index (χ1v) is 8.94. The number of hydrogen-bond donors (Lipinski definition) is 1. The van der Waals surface area contributed by atoms with Crippen molar-refractivity contribution in [3.8, 4) is 0 Å². The van der Waals surface area contributed by atoms with E-state index >= 15 is 0 Å². The van der Waals surface area contributed by atoms with E-state index in [0.29, 0.717) is 0 Å². The first-order chi connectivity index (χ1) is 9.72. The van der Waals surface area contributed by atoms with E-state index in [1.165, 1.54) is 5.56 Å². The van der Waals surface area contributed by atoms with Crippen LogP contribution in [-0.4, -0.2) is 31.2 Å². The van der Waals surface area contributed by atoms with Crippen molar-refractivity contribution in [2.24, 2.45) is 0 Å². The lowest BCUT2D eigenvalue weighted by Gasteiger charge is -2.26. The van der Waals surface area contributed by atoms with E-state index in [0.717, 1.165) is 18.5 Å². The summed E-state index contributed by atoms with van der Waals surface area (Å²) in [5, 5.41) is 3.21. The minimum atomic E-state index is -3.26. The van der Waals surface area contributed by atoms with Gasteiger partial charge in [-0.15, -0.1) is 0 Å². The van der Waals surface area contributed by atoms with Crippen molar-refractivity contribution >= 4 is 15.6 Å². The normalized spacial score (nSPS) is 19.1. The van der Waals surface area contributed by atoms with Gasteiger partial charge in [-0.25, -0.2) is 8.42 Å². The lowest BCUT2D eigenvalue weighted by molar-refractivity contribution is -0.121. The monoisotopic (exact) mass is 309 g/mol. The molecular weight excluding hydrogens is 286 g/mol. The lowest BCUT2D eigenvalue weighted by atomic mass is 9.91. The smallest absolute Gasteiger partial charge is 0.155 e. The van der Waals surface area contributed by atoms with Gasteiger partial charge in [0.05, 0.1) is 16.5 Å². The molecule has 1 N–H and O–H groups in total. The molecule has 0 fully saturated rings. The molecule has 1 aliphatic rings. The summed E-state index contributed by atoms with van der Waals surface area (Å²) >= 11 is 0. The molecule has 0 amide bonds. The number of sulfone groups is 1. The van der Waals surface area contributed by atoms with Crippen molar-refractivity contribution in [2.75, 3.05) is 12.3 Å². The minimum absolute atomic E-state index is 0.0463. The molecule has 5 heteroatoms. The van der Waals surface area contributed by atoms with Gasteiger partial charge in [-0.05, 0) is 38.3 Å². The van der Waals surface area contributed by atoms with Gasteiger partial charge >= 0.3 is 0 Å². The predicted molar refractivity (Wildman–Crippen MR) is 84.1 cm³/mol. The predicted octanol–water partition coefficient (Wildman–Crippen LogP) is 2.05. The van der Waals surface area contributed by atoms with E-state index in [-0.39, 0.29) is 24.0 Å². The molecule has 1 aliphatic heterocycles. The Balaban J connectivity index is 2.10. The first kappa shape index (κ1) is 16.2. The topological polar surface area (TPSA) is 63.2 Å². The van der Waals surface area contributed by atoms with Crippen molar-refractivity contribution in [1.82, 2.24) is 5.32 Å². The molecule has 1 unspecified atom stereocenters. The fourth-order valence-corrected chi connectivity index (χ4v) is 3.56. The highest BCUT2D eigenvalue weighted by Crippen LogP contribution is 2.25. The molecule has 0 saturated heterocycles. The van der Waals surface area contributed by atoms with Crippen LogP contribution in [0.5, 0.6) is 0 Å². The maximum atomic E-state index is 12.4. The van der Waals surface area contributed by atoms with Gasteiger partial charge in [0.15, 0.2) is 15.6 Å². The van der Waals surface area contributed by atoms with Crippen LogP contribution in [0.2, 0.25) is 0 Å². The Morgan fingerprint density at radius 1 is 1.29 bits per heavy atom. The van der Waals surface area contributed by atoms with Crippen LogP contribution >= 0.6 is 0 Å². The van der Waals surface area contributed by atoms with Crippen LogP contribution in [0.1, 0.15) is 44.4 Å². The standard InChI is InChI=1S/C16H23NO3S/c1-16(2,3)21(19,20)11-9-14(18)15-13-7-5-4-6-12(13)8-10-17-15/h4-7,15,17H,8-11H2,1-3H3. The van der Waals surface area contributed by atoms with Gasteiger partial charge in [0, 0.05) is 13.0 Å². The van der Waals surface area contributed by atoms with Crippen molar-refractivity contribution in [3.05, 3.63) is 35.4 Å². The fourth-order valence-electron chi connectivity index (χ4n) is 2.48. The number of hydrogen-bond acceptors (Lipinski definition) is 4. The maximum absolute atomic E-state index is 12.4. The Morgan fingerprint density at radius 2 is 1.95 bits per heavy atom. The van der Waals surface area contributed by atoms with Gasteiger partial charge < -0.3 is 5.32 Å². The molecule has 1 aromatic carbocycles. The van der Waals surface area contributed by atoms with Crippen LogP contribution in [0, 0.1) is 0 Å². The number of rotatable bonds is 4. The third-order valence-corrected chi connectivity index (χ3v) is 6.59. The number of carbonyl (C=O) groups is 1. The summed E-state index contributed by atoms with van der Waals surface area (Å²) in [5.74, 6) is -0.134. The molecule has 0 bridgehead atoms. The number of carbonyl (C=O) groups excluding carboxylic acids is 1. The Bertz CT molecular complexity index is 629. The summed E-state index contributed by atoms with van der Waals surface area (Å²) in [6.45, 7) is 5.75. The highest BCUT2D eigenvalue weighted by Gasteiger charge is 2.31. The van der Waals surface area contributed by atoms with Crippen molar-refractivity contribution in [3.63, 3.8) is 0 Å². The molecular formula is C16H23NO3S. The zero-order chi connectivity index (χ0) is 15.7. The Hall–Kier alpha value is -1.20. The Kier molecular flexibility index (Phi) is 4.54. The number of fused-ring (bicyclic) bond motifs is 1. The molecule has 0 aliphatic carbocycles. The van der Waals surface area contributed by atoms with E-state index < -0.39 is 14.6 Å². The molecule has 2 rings (SSSR count). The van der Waals surface area contributed by atoms with E-state index in [1.807, 2.05) is 24.3 Å². The van der Waals surface area contributed by atoms with E-state index in [1.54, 1.807) is 20.8 Å². The second kappa shape index (κ2) is 5.89. The Labute approximate surface area is 126 Å². The van der Waals surface area contributed by atoms with Gasteiger partial charge in [0.2, 0.25) is 0 Å². The quantitative estimate of drug-likeness (QED) is 0.924. The SMILES string of the molecule is CC(C)(C)S(=O)(=O)CCC(=O)C1NCCc2ccccc21. The van der Waals surface area contributed by atoms with E-state index in [2.05, 4.69) is 5.32 Å². The summed E-state index contributed by atoms with van der Waals surface area (Å²) in [6, 6.07) is 7.49. The summed E-state index contributed by atoms with van der Waals surface area (Å²) in [5.41, 5.74) is 2.16. The van der Waals surface area contributed by atoms with Crippen molar-refractivity contribution in [2.45, 2.75) is 44.4 Å². The van der Waals surface area contributed by atoms with Crippen LogP contribution in [0.4, 0.5) is 0 Å². The van der Waals surface area contributed by atoms with Crippen molar-refractivity contribution < 1.29 is 13.2 Å². The average Bonchev–Trinajstić information content (AvgIpc) is 2.43. The summed E-state index contributed by atoms with van der Waals surface area (Å²) < 4.78 is 23.4. The second-order valence-electron chi connectivity index (χ2n) is 6.48. The van der Waals surface area contributed by atoms with Crippen LogP contribution in [0.3, 0.4) is 0 Å². The number of Topliss-reactive ketones (excluding diaryl/α,β-unsaturated/α-hetero) is 1. The van der Waals surface area contributed by atoms with Crippen LogP contribution in [0.15, 0.2) is 24.3 Å². The van der Waals surface area contributed by atoms with E-state index in [9.17, 15) is 13.2 Å². The van der Waals surface area contributed by atoms with Gasteiger partial charge in [-0.2, -0.15) is 0 Å². The molecule has 1 atom stereocenters. The summed E-state index contributed by atoms with van der Waals surface area (Å²) in [4.78, 5) is 12.4. The lowest BCUT2D eigenvalue weighted by Crippen LogP contribution is -2.37. The van der Waals surface area contributed by atoms with Gasteiger partial charge in [0.25, 0.3) is 0 Å². The molecule has 0 aromatic heterocycles. The van der Waals surface area contributed by atoms with E-state index in [4.69, 9.17) is 0 Å². The van der Waals surface area contributed by atoms with Crippen LogP contribution in [0.25, 0.3) is 0 Å². The molecule has 1 heterocycles. The molecule has 4 nitrogen and oxygen atoms in total. The number of benzene rings is 1. The molecule has 0 spiro atoms. The third-order valence-electron chi connectivity index (χ3n) is 3.98. The van der Waals surface area contributed by atoms with Gasteiger partial charge in [0.1, 0.15) is 0 Å². The second-order valence-corrected chi connectivity index (χ2v) is 9.35. The van der Waals surface area contributed by atoms with Crippen LogP contribution < -0.4 is 5.32 Å². The van der Waals surface area contributed by atoms with Crippen molar-refractivity contribution in [1.29, 1.82) is 0 Å². The highest BCUT2D eigenvalue weighted by molar-refractivity contribution is 7.92. The molecule has 116 valence electrons. The third kappa shape index (κ3) is 3.52. The summed E-state index contributed by atoms with van der Waals surface area (Å²) in [7, 11) is -3.26. The average molecular weight is 309 g/mol. The fraction of sp³-hybridized carbons (Fsp3) is 0.562. The van der Waals surface area contributed by atoms with Gasteiger partial charge in [-0.1, -0.05) is 24.3 Å². The zero-order valence-corrected chi connectivity index (χ0v) is 13.7. The van der Waals surface area contributed by atoms with Gasteiger partial charge in [-0.3, -0.25) is 4.79 Å². The molecule has 0 saturated carbocycles. The van der Waals surface area contributed by atoms with Crippen LogP contribution in [-0.2, 0) is 21.1 Å². The maximum Gasteiger partial charge on any atom is 0.155 e. The summed E-state index contributed by atoms with van der Waals surface area (Å²) in [6.07, 6.45) is 0.964. The first-order valence-electron chi connectivity index (χ1n) is 7.28. The molecule has 0 radical (unpaired) electrons. The highest BCUT2D eigenvalue weighted by atomic mass is 32.2. The number of ketones is 1. The Morgan fingerprint density at radius 3 is 2.62 bits per heavy atom. The zero-order valence-electron chi connectivity index (χ0n) is 12.8. The number of nitrogens with one attached hydrogen (secondary N) is 1.